The average molecular weight is 164 g/mol. The quantitative estimate of drug-likeness (QED) is 0.566. The third kappa shape index (κ3) is 1.36. The summed E-state index contributed by atoms with van der Waals surface area (Å²) in [5.74, 6) is 0. The molecule has 0 amide bonds. The number of hydrogen-bond donors (Lipinski definition) is 2. The van der Waals surface area contributed by atoms with E-state index in [0.29, 0.717) is 6.73 Å². The van der Waals surface area contributed by atoms with E-state index in [1.165, 1.54) is 5.56 Å². The van der Waals surface area contributed by atoms with Crippen LogP contribution in [0.5, 0.6) is 0 Å². The number of nitrogens with two attached hydrogens (primary N) is 1. The van der Waals surface area contributed by atoms with Gasteiger partial charge in [0, 0.05) is 11.4 Å². The van der Waals surface area contributed by atoms with Crippen LogP contribution in [0.1, 0.15) is 5.56 Å². The lowest BCUT2D eigenvalue weighted by atomic mass is 10.1. The van der Waals surface area contributed by atoms with Crippen molar-refractivity contribution in [2.45, 2.75) is 6.42 Å². The standard InChI is InChI=1S/C9H12N2O/c10-8-1-2-9-7(5-8)3-4-12-6-11-9/h1-2,5,11H,3-4,6,10H2. The summed E-state index contributed by atoms with van der Waals surface area (Å²) in [7, 11) is 0. The summed E-state index contributed by atoms with van der Waals surface area (Å²) in [6.45, 7) is 1.36. The molecule has 0 bridgehead atoms. The molecule has 0 radical (unpaired) electrons. The van der Waals surface area contributed by atoms with Gasteiger partial charge in [-0.1, -0.05) is 0 Å². The van der Waals surface area contributed by atoms with Gasteiger partial charge in [-0.2, -0.15) is 0 Å². The monoisotopic (exact) mass is 164 g/mol. The van der Waals surface area contributed by atoms with Crippen molar-refractivity contribution in [3.8, 4) is 0 Å². The van der Waals surface area contributed by atoms with Crippen molar-refractivity contribution in [2.75, 3.05) is 24.4 Å². The Hall–Kier alpha value is -1.22. The first-order valence-electron chi connectivity index (χ1n) is 4.06. The van der Waals surface area contributed by atoms with E-state index in [1.807, 2.05) is 18.2 Å². The molecule has 0 spiro atoms. The molecule has 1 aromatic rings. The molecule has 3 heteroatoms. The van der Waals surface area contributed by atoms with Crippen LogP contribution < -0.4 is 11.1 Å². The van der Waals surface area contributed by atoms with Crippen LogP contribution in [-0.4, -0.2) is 13.3 Å². The summed E-state index contributed by atoms with van der Waals surface area (Å²) >= 11 is 0. The first kappa shape index (κ1) is 7.43. The van der Waals surface area contributed by atoms with Gasteiger partial charge >= 0.3 is 0 Å². The number of anilines is 2. The molecule has 0 aromatic heterocycles. The highest BCUT2D eigenvalue weighted by molar-refractivity contribution is 5.58. The van der Waals surface area contributed by atoms with Crippen LogP contribution >= 0.6 is 0 Å². The van der Waals surface area contributed by atoms with E-state index in [1.54, 1.807) is 0 Å². The molecule has 1 aliphatic heterocycles. The van der Waals surface area contributed by atoms with E-state index in [4.69, 9.17) is 10.5 Å². The minimum absolute atomic E-state index is 0.594. The van der Waals surface area contributed by atoms with Gasteiger partial charge < -0.3 is 15.8 Å². The molecule has 0 unspecified atom stereocenters. The lowest BCUT2D eigenvalue weighted by Crippen LogP contribution is -2.02. The molecule has 1 aliphatic rings. The third-order valence-electron chi connectivity index (χ3n) is 2.01. The molecule has 1 heterocycles. The van der Waals surface area contributed by atoms with E-state index in [9.17, 15) is 0 Å². The fraction of sp³-hybridized carbons (Fsp3) is 0.333. The Morgan fingerprint density at radius 1 is 1.42 bits per heavy atom. The maximum absolute atomic E-state index is 5.66. The zero-order valence-electron chi connectivity index (χ0n) is 6.84. The summed E-state index contributed by atoms with van der Waals surface area (Å²) in [5.41, 5.74) is 8.86. The Balaban J connectivity index is 2.36. The predicted octanol–water partition coefficient (Wildman–Crippen LogP) is 1.21. The average Bonchev–Trinajstić information content (AvgIpc) is 2.28. The SMILES string of the molecule is Nc1ccc2c(c1)CCOCN2. The van der Waals surface area contributed by atoms with Crippen molar-refractivity contribution in [3.63, 3.8) is 0 Å². The van der Waals surface area contributed by atoms with Crippen molar-refractivity contribution < 1.29 is 4.74 Å². The molecule has 0 atom stereocenters. The lowest BCUT2D eigenvalue weighted by Gasteiger charge is -2.06. The molecular formula is C9H12N2O. The van der Waals surface area contributed by atoms with Crippen LogP contribution in [0.15, 0.2) is 18.2 Å². The third-order valence-corrected chi connectivity index (χ3v) is 2.01. The number of rotatable bonds is 0. The fourth-order valence-electron chi connectivity index (χ4n) is 1.38. The topological polar surface area (TPSA) is 47.3 Å². The molecule has 64 valence electrons. The van der Waals surface area contributed by atoms with Crippen LogP contribution in [0.25, 0.3) is 0 Å². The predicted molar refractivity (Wildman–Crippen MR) is 49.0 cm³/mol. The zero-order chi connectivity index (χ0) is 8.39. The number of benzene rings is 1. The van der Waals surface area contributed by atoms with Crippen LogP contribution in [-0.2, 0) is 11.2 Å². The number of nitrogens with one attached hydrogen (secondary N) is 1. The van der Waals surface area contributed by atoms with Gasteiger partial charge in [0.25, 0.3) is 0 Å². The Bertz CT molecular complexity index is 286. The molecule has 3 nitrogen and oxygen atoms in total. The number of hydrogen-bond acceptors (Lipinski definition) is 3. The molecular weight excluding hydrogens is 152 g/mol. The van der Waals surface area contributed by atoms with Gasteiger partial charge in [0.05, 0.1) is 6.61 Å². The summed E-state index contributed by atoms with van der Waals surface area (Å²) in [6.07, 6.45) is 0.938. The number of fused-ring (bicyclic) bond motifs is 1. The second-order valence-electron chi connectivity index (χ2n) is 2.90. The van der Waals surface area contributed by atoms with Crippen molar-refractivity contribution in [2.24, 2.45) is 0 Å². The first-order chi connectivity index (χ1) is 5.86. The Morgan fingerprint density at radius 3 is 3.25 bits per heavy atom. The molecule has 3 N–H and O–H groups in total. The van der Waals surface area contributed by atoms with Crippen molar-refractivity contribution in [1.29, 1.82) is 0 Å². The van der Waals surface area contributed by atoms with Crippen LogP contribution in [0.2, 0.25) is 0 Å². The van der Waals surface area contributed by atoms with Gasteiger partial charge in [-0.3, -0.25) is 0 Å². The normalized spacial score (nSPS) is 16.0. The maximum Gasteiger partial charge on any atom is 0.116 e. The molecule has 0 saturated carbocycles. The van der Waals surface area contributed by atoms with E-state index in [-0.39, 0.29) is 0 Å². The Labute approximate surface area is 71.5 Å². The van der Waals surface area contributed by atoms with E-state index in [2.05, 4.69) is 5.32 Å². The van der Waals surface area contributed by atoms with Gasteiger partial charge in [-0.15, -0.1) is 0 Å². The van der Waals surface area contributed by atoms with Gasteiger partial charge in [0.1, 0.15) is 6.73 Å². The van der Waals surface area contributed by atoms with Gasteiger partial charge in [0.2, 0.25) is 0 Å². The van der Waals surface area contributed by atoms with Crippen molar-refractivity contribution in [3.05, 3.63) is 23.8 Å². The summed E-state index contributed by atoms with van der Waals surface area (Å²) in [6, 6.07) is 5.90. The molecule has 0 fully saturated rings. The Morgan fingerprint density at radius 2 is 2.33 bits per heavy atom. The van der Waals surface area contributed by atoms with Crippen LogP contribution in [0.3, 0.4) is 0 Å². The molecule has 0 aliphatic carbocycles. The van der Waals surface area contributed by atoms with Crippen LogP contribution in [0.4, 0.5) is 11.4 Å². The van der Waals surface area contributed by atoms with Crippen molar-refractivity contribution in [1.82, 2.24) is 0 Å². The highest BCUT2D eigenvalue weighted by Gasteiger charge is 2.06. The number of nitrogen functional groups attached to an aromatic ring is 1. The molecule has 2 rings (SSSR count). The molecule has 12 heavy (non-hydrogen) atoms. The highest BCUT2D eigenvalue weighted by Crippen LogP contribution is 2.20. The van der Waals surface area contributed by atoms with Gasteiger partial charge in [0.15, 0.2) is 0 Å². The largest absolute Gasteiger partial charge is 0.399 e. The van der Waals surface area contributed by atoms with E-state index in [0.717, 1.165) is 24.4 Å². The van der Waals surface area contributed by atoms with E-state index < -0.39 is 0 Å². The fourth-order valence-corrected chi connectivity index (χ4v) is 1.38. The van der Waals surface area contributed by atoms with Crippen LogP contribution in [0, 0.1) is 0 Å². The number of ether oxygens (including phenoxy) is 1. The van der Waals surface area contributed by atoms with Gasteiger partial charge in [-0.25, -0.2) is 0 Å². The highest BCUT2D eigenvalue weighted by atomic mass is 16.5. The second kappa shape index (κ2) is 3.03. The summed E-state index contributed by atoms with van der Waals surface area (Å²) in [5, 5.41) is 3.17. The molecule has 1 aromatic carbocycles. The molecule has 0 saturated heterocycles. The lowest BCUT2D eigenvalue weighted by molar-refractivity contribution is 0.160. The minimum atomic E-state index is 0.594. The van der Waals surface area contributed by atoms with Crippen molar-refractivity contribution >= 4 is 11.4 Å². The smallest absolute Gasteiger partial charge is 0.116 e. The summed E-state index contributed by atoms with van der Waals surface area (Å²) in [4.78, 5) is 0. The summed E-state index contributed by atoms with van der Waals surface area (Å²) < 4.78 is 5.26. The maximum atomic E-state index is 5.66. The zero-order valence-corrected chi connectivity index (χ0v) is 6.84. The second-order valence-corrected chi connectivity index (χ2v) is 2.90. The Kier molecular flexibility index (Phi) is 1.87. The van der Waals surface area contributed by atoms with Gasteiger partial charge in [-0.05, 0) is 30.2 Å². The minimum Gasteiger partial charge on any atom is -0.399 e. The first-order valence-corrected chi connectivity index (χ1v) is 4.06. The van der Waals surface area contributed by atoms with E-state index >= 15 is 0 Å².